The van der Waals surface area contributed by atoms with Crippen molar-refractivity contribution in [2.24, 2.45) is 10.8 Å². The molecule has 0 bridgehead atoms. The highest BCUT2D eigenvalue weighted by Gasteiger charge is 2.64. The number of ether oxygens (including phenoxy) is 2. The number of hydrogen-bond donors (Lipinski definition) is 1. The molecule has 1 heterocycles. The summed E-state index contributed by atoms with van der Waals surface area (Å²) < 4.78 is 11.6. The molecule has 31 heavy (non-hydrogen) atoms. The Morgan fingerprint density at radius 3 is 2.35 bits per heavy atom. The molecule has 3 rings (SSSR count). The molecule has 1 aliphatic rings. The summed E-state index contributed by atoms with van der Waals surface area (Å²) in [5, 5.41) is 12.4. The van der Waals surface area contributed by atoms with E-state index >= 15 is 0 Å². The van der Waals surface area contributed by atoms with Gasteiger partial charge in [-0.2, -0.15) is 5.26 Å². The van der Waals surface area contributed by atoms with Gasteiger partial charge in [-0.15, -0.1) is 0 Å². The van der Waals surface area contributed by atoms with E-state index in [4.69, 9.17) is 9.47 Å². The number of carbonyl (C=O) groups excluding carboxylic acids is 1. The number of carbonyl (C=O) groups is 1. The van der Waals surface area contributed by atoms with Crippen molar-refractivity contribution in [1.29, 1.82) is 5.26 Å². The van der Waals surface area contributed by atoms with Crippen LogP contribution in [0, 0.1) is 22.2 Å². The van der Waals surface area contributed by atoms with Crippen LogP contribution in [0.25, 0.3) is 0 Å². The first kappa shape index (κ1) is 22.6. The third kappa shape index (κ3) is 4.10. The van der Waals surface area contributed by atoms with E-state index in [1.54, 1.807) is 24.4 Å². The van der Waals surface area contributed by atoms with Crippen molar-refractivity contribution in [3.8, 4) is 17.6 Å². The molecular weight excluding hydrogens is 390 g/mol. The number of aromatic nitrogens is 1. The van der Waals surface area contributed by atoms with Crippen molar-refractivity contribution in [2.75, 3.05) is 7.11 Å². The Hall–Kier alpha value is -3.07. The van der Waals surface area contributed by atoms with Gasteiger partial charge in [-0.25, -0.2) is 0 Å². The molecular formula is C25H31N3O3. The van der Waals surface area contributed by atoms with E-state index in [1.807, 2.05) is 12.1 Å². The molecule has 1 N–H and O–H groups in total. The number of nitrogens with one attached hydrogen (secondary N) is 1. The fourth-order valence-electron chi connectivity index (χ4n) is 4.87. The number of methoxy groups -OCH3 is 1. The number of pyridine rings is 1. The number of amides is 1. The van der Waals surface area contributed by atoms with Gasteiger partial charge in [0.25, 0.3) is 5.91 Å². The van der Waals surface area contributed by atoms with Gasteiger partial charge in [0.2, 0.25) is 0 Å². The summed E-state index contributed by atoms with van der Waals surface area (Å²) in [6.07, 6.45) is 1.50. The quantitative estimate of drug-likeness (QED) is 0.731. The molecule has 0 aliphatic heterocycles. The van der Waals surface area contributed by atoms with Crippen LogP contribution in [0.3, 0.4) is 0 Å². The predicted octanol–water partition coefficient (Wildman–Crippen LogP) is 4.70. The number of nitriles is 1. The molecule has 1 aromatic heterocycles. The number of hydrogen-bond acceptors (Lipinski definition) is 5. The summed E-state index contributed by atoms with van der Waals surface area (Å²) >= 11 is 0. The first-order valence-corrected chi connectivity index (χ1v) is 10.5. The van der Waals surface area contributed by atoms with Crippen LogP contribution in [0.15, 0.2) is 36.5 Å². The second kappa shape index (κ2) is 8.22. The largest absolute Gasteiger partial charge is 0.495 e. The first-order chi connectivity index (χ1) is 14.5. The highest BCUT2D eigenvalue weighted by molar-refractivity contribution is 5.94. The van der Waals surface area contributed by atoms with Crippen molar-refractivity contribution in [2.45, 2.75) is 59.6 Å². The van der Waals surface area contributed by atoms with Crippen molar-refractivity contribution in [3.63, 3.8) is 0 Å². The van der Waals surface area contributed by atoms with E-state index in [1.165, 1.54) is 7.11 Å². The highest BCUT2D eigenvalue weighted by Crippen LogP contribution is 2.55. The van der Waals surface area contributed by atoms with Crippen molar-refractivity contribution < 1.29 is 14.3 Å². The standard InChI is InChI=1S/C25H31N3O3/c1-15(2)19-11-9-17(14-27-19)21(29)28-22-24(3,4)23(25(22,5)6)31-18-10-8-16(13-26)20(12-18)30-7/h8-12,14-15,22-23H,1-7H3,(H,28,29). The second-order valence-electron chi connectivity index (χ2n) is 9.65. The Bertz CT molecular complexity index is 988. The normalized spacial score (nSPS) is 21.0. The maximum Gasteiger partial charge on any atom is 0.253 e. The van der Waals surface area contributed by atoms with Crippen LogP contribution < -0.4 is 14.8 Å². The third-order valence-electron chi connectivity index (χ3n) is 6.30. The minimum atomic E-state index is -0.300. The van der Waals surface area contributed by atoms with Crippen LogP contribution in [0.2, 0.25) is 0 Å². The Morgan fingerprint density at radius 2 is 1.84 bits per heavy atom. The summed E-state index contributed by atoms with van der Waals surface area (Å²) in [6.45, 7) is 12.5. The topological polar surface area (TPSA) is 84.2 Å². The summed E-state index contributed by atoms with van der Waals surface area (Å²) in [5.41, 5.74) is 1.38. The fourth-order valence-corrected chi connectivity index (χ4v) is 4.87. The molecule has 6 nitrogen and oxygen atoms in total. The SMILES string of the molecule is COc1cc(OC2C(C)(C)C(NC(=O)c3ccc(C(C)C)nc3)C2(C)C)ccc1C#N. The van der Waals surface area contributed by atoms with E-state index < -0.39 is 0 Å². The Balaban J connectivity index is 1.75. The van der Waals surface area contributed by atoms with Gasteiger partial charge in [-0.3, -0.25) is 9.78 Å². The molecule has 164 valence electrons. The van der Waals surface area contributed by atoms with Gasteiger partial charge >= 0.3 is 0 Å². The lowest BCUT2D eigenvalue weighted by Gasteiger charge is -2.63. The summed E-state index contributed by atoms with van der Waals surface area (Å²) in [7, 11) is 1.53. The van der Waals surface area contributed by atoms with Gasteiger partial charge in [-0.1, -0.05) is 41.5 Å². The van der Waals surface area contributed by atoms with Crippen molar-refractivity contribution in [1.82, 2.24) is 10.3 Å². The van der Waals surface area contributed by atoms with Gasteiger partial charge in [-0.05, 0) is 30.2 Å². The number of nitrogens with zero attached hydrogens (tertiary/aromatic N) is 2. The zero-order valence-corrected chi connectivity index (χ0v) is 19.3. The molecule has 1 fully saturated rings. The monoisotopic (exact) mass is 421 g/mol. The van der Waals surface area contributed by atoms with Gasteiger partial charge < -0.3 is 14.8 Å². The lowest BCUT2D eigenvalue weighted by molar-refractivity contribution is -0.164. The summed E-state index contributed by atoms with van der Waals surface area (Å²) in [6, 6.07) is 11.0. The molecule has 1 saturated carbocycles. The zero-order valence-electron chi connectivity index (χ0n) is 19.3. The maximum absolute atomic E-state index is 12.9. The molecule has 1 aromatic carbocycles. The van der Waals surface area contributed by atoms with Crippen molar-refractivity contribution in [3.05, 3.63) is 53.3 Å². The third-order valence-corrected chi connectivity index (χ3v) is 6.30. The van der Waals surface area contributed by atoms with Crippen LogP contribution >= 0.6 is 0 Å². The van der Waals surface area contributed by atoms with Gasteiger partial charge in [0.05, 0.1) is 18.2 Å². The first-order valence-electron chi connectivity index (χ1n) is 10.5. The fraction of sp³-hybridized carbons (Fsp3) is 0.480. The summed E-state index contributed by atoms with van der Waals surface area (Å²) in [4.78, 5) is 17.3. The highest BCUT2D eigenvalue weighted by atomic mass is 16.5. The van der Waals surface area contributed by atoms with Crippen LogP contribution in [0.1, 0.15) is 69.1 Å². The molecule has 0 spiro atoms. The van der Waals surface area contributed by atoms with E-state index in [9.17, 15) is 10.1 Å². The van der Waals surface area contributed by atoms with Crippen LogP contribution in [-0.4, -0.2) is 30.1 Å². The lowest BCUT2D eigenvalue weighted by Crippen LogP contribution is -2.74. The molecule has 1 aliphatic carbocycles. The average molecular weight is 422 g/mol. The van der Waals surface area contributed by atoms with E-state index in [2.05, 4.69) is 57.9 Å². The Labute approximate surface area is 184 Å². The summed E-state index contributed by atoms with van der Waals surface area (Å²) in [5.74, 6) is 1.31. The minimum Gasteiger partial charge on any atom is -0.495 e. The molecule has 1 amide bonds. The van der Waals surface area contributed by atoms with Gasteiger partial charge in [0.1, 0.15) is 23.7 Å². The van der Waals surface area contributed by atoms with Crippen LogP contribution in [0.5, 0.6) is 11.5 Å². The second-order valence-corrected chi connectivity index (χ2v) is 9.65. The van der Waals surface area contributed by atoms with Crippen molar-refractivity contribution >= 4 is 5.91 Å². The van der Waals surface area contributed by atoms with Crippen LogP contribution in [-0.2, 0) is 0 Å². The predicted molar refractivity (Wildman–Crippen MR) is 119 cm³/mol. The average Bonchev–Trinajstić information content (AvgIpc) is 2.74. The van der Waals surface area contributed by atoms with E-state index in [-0.39, 0.29) is 28.9 Å². The molecule has 0 unspecified atom stereocenters. The van der Waals surface area contributed by atoms with E-state index in [0.717, 1.165) is 5.69 Å². The number of benzene rings is 1. The molecule has 0 saturated heterocycles. The minimum absolute atomic E-state index is 0.0810. The van der Waals surface area contributed by atoms with Gasteiger partial charge in [0.15, 0.2) is 0 Å². The maximum atomic E-state index is 12.9. The Kier molecular flexibility index (Phi) is 6.00. The van der Waals surface area contributed by atoms with Gasteiger partial charge in [0, 0.05) is 34.8 Å². The molecule has 2 aromatic rings. The smallest absolute Gasteiger partial charge is 0.253 e. The molecule has 0 radical (unpaired) electrons. The van der Waals surface area contributed by atoms with E-state index in [0.29, 0.717) is 28.5 Å². The lowest BCUT2D eigenvalue weighted by atomic mass is 9.49. The Morgan fingerprint density at radius 1 is 1.16 bits per heavy atom. The zero-order chi connectivity index (χ0) is 23.0. The number of rotatable bonds is 6. The molecule has 6 heteroatoms. The van der Waals surface area contributed by atoms with Crippen LogP contribution in [0.4, 0.5) is 0 Å². The molecule has 0 atom stereocenters.